The molecule has 100 valence electrons. The van der Waals surface area contributed by atoms with Crippen molar-refractivity contribution in [3.05, 3.63) is 18.7 Å². The van der Waals surface area contributed by atoms with Gasteiger partial charge in [0, 0.05) is 37.6 Å². The maximum atomic E-state index is 4.08. The van der Waals surface area contributed by atoms with Crippen LogP contribution in [0.3, 0.4) is 0 Å². The summed E-state index contributed by atoms with van der Waals surface area (Å²) >= 11 is 0. The molecule has 0 radical (unpaired) electrons. The van der Waals surface area contributed by atoms with Crippen molar-refractivity contribution in [3.63, 3.8) is 0 Å². The summed E-state index contributed by atoms with van der Waals surface area (Å²) in [7, 11) is 0. The summed E-state index contributed by atoms with van der Waals surface area (Å²) in [5.74, 6) is 0. The number of aryl methyl sites for hydroxylation is 1. The third kappa shape index (κ3) is 3.56. The molecule has 18 heavy (non-hydrogen) atoms. The molecule has 1 aliphatic heterocycles. The summed E-state index contributed by atoms with van der Waals surface area (Å²) in [6.45, 7) is 4.85. The van der Waals surface area contributed by atoms with E-state index in [0.29, 0.717) is 0 Å². The lowest BCUT2D eigenvalue weighted by Crippen LogP contribution is -2.46. The van der Waals surface area contributed by atoms with Gasteiger partial charge in [-0.1, -0.05) is 0 Å². The lowest BCUT2D eigenvalue weighted by Gasteiger charge is -2.33. The van der Waals surface area contributed by atoms with Gasteiger partial charge in [-0.2, -0.15) is 0 Å². The molecule has 0 amide bonds. The number of rotatable bonds is 6. The molecule has 2 aliphatic rings. The van der Waals surface area contributed by atoms with Crippen LogP contribution in [-0.2, 0) is 6.54 Å². The van der Waals surface area contributed by atoms with Crippen molar-refractivity contribution >= 4 is 0 Å². The first-order valence-corrected chi connectivity index (χ1v) is 7.34. The molecule has 1 N–H and O–H groups in total. The third-order valence-electron chi connectivity index (χ3n) is 4.00. The molecule has 0 aromatic carbocycles. The Bertz CT molecular complexity index is 345. The van der Waals surface area contributed by atoms with Crippen molar-refractivity contribution < 1.29 is 0 Å². The van der Waals surface area contributed by atoms with Crippen molar-refractivity contribution in [1.82, 2.24) is 19.8 Å². The summed E-state index contributed by atoms with van der Waals surface area (Å²) in [5, 5.41) is 3.77. The van der Waals surface area contributed by atoms with Gasteiger partial charge in [0.15, 0.2) is 0 Å². The lowest BCUT2D eigenvalue weighted by molar-refractivity contribution is 0.185. The van der Waals surface area contributed by atoms with Gasteiger partial charge in [-0.3, -0.25) is 0 Å². The first-order valence-electron chi connectivity index (χ1n) is 7.34. The Morgan fingerprint density at radius 2 is 2.11 bits per heavy atom. The minimum Gasteiger partial charge on any atom is -0.337 e. The van der Waals surface area contributed by atoms with Gasteiger partial charge in [0.1, 0.15) is 0 Å². The first-order chi connectivity index (χ1) is 8.90. The molecule has 3 rings (SSSR count). The molecule has 4 heteroatoms. The Hall–Kier alpha value is -0.870. The SMILES string of the molecule is c1cn(CCCN2CCCC(NC3CC3)C2)cn1. The summed E-state index contributed by atoms with van der Waals surface area (Å²) in [6, 6.07) is 1.60. The Balaban J connectivity index is 1.36. The van der Waals surface area contributed by atoms with Crippen LogP contribution in [-0.4, -0.2) is 46.2 Å². The molecule has 1 aliphatic carbocycles. The highest BCUT2D eigenvalue weighted by Crippen LogP contribution is 2.21. The first kappa shape index (κ1) is 12.2. The summed E-state index contributed by atoms with van der Waals surface area (Å²) < 4.78 is 2.17. The van der Waals surface area contributed by atoms with Crippen LogP contribution in [0.15, 0.2) is 18.7 Å². The highest BCUT2D eigenvalue weighted by atomic mass is 15.2. The Kier molecular flexibility index (Phi) is 3.96. The molecule has 1 saturated heterocycles. The molecule has 1 aromatic rings. The normalized spacial score (nSPS) is 25.4. The van der Waals surface area contributed by atoms with Crippen molar-refractivity contribution in [2.24, 2.45) is 0 Å². The van der Waals surface area contributed by atoms with E-state index in [1.54, 1.807) is 0 Å². The molecule has 1 atom stereocenters. The average Bonchev–Trinajstić information content (AvgIpc) is 3.04. The van der Waals surface area contributed by atoms with Crippen LogP contribution in [0.5, 0.6) is 0 Å². The van der Waals surface area contributed by atoms with Crippen LogP contribution in [0.25, 0.3) is 0 Å². The fourth-order valence-electron chi connectivity index (χ4n) is 2.87. The lowest BCUT2D eigenvalue weighted by atomic mass is 10.1. The molecule has 1 unspecified atom stereocenters. The van der Waals surface area contributed by atoms with E-state index in [0.717, 1.165) is 18.6 Å². The molecule has 1 saturated carbocycles. The number of imidazole rings is 1. The van der Waals surface area contributed by atoms with Crippen LogP contribution in [0, 0.1) is 0 Å². The molecule has 2 fully saturated rings. The van der Waals surface area contributed by atoms with E-state index in [-0.39, 0.29) is 0 Å². The number of likely N-dealkylation sites (tertiary alicyclic amines) is 1. The Labute approximate surface area is 109 Å². The summed E-state index contributed by atoms with van der Waals surface area (Å²) in [6.07, 6.45) is 12.6. The zero-order valence-electron chi connectivity index (χ0n) is 11.1. The number of nitrogens with zero attached hydrogens (tertiary/aromatic N) is 3. The molecule has 1 aromatic heterocycles. The maximum absolute atomic E-state index is 4.08. The summed E-state index contributed by atoms with van der Waals surface area (Å²) in [4.78, 5) is 6.70. The molecule has 2 heterocycles. The van der Waals surface area contributed by atoms with E-state index < -0.39 is 0 Å². The minimum absolute atomic E-state index is 0.750. The molecule has 0 spiro atoms. The number of hydrogen-bond donors (Lipinski definition) is 1. The van der Waals surface area contributed by atoms with Crippen LogP contribution >= 0.6 is 0 Å². The standard InChI is InChI=1S/C14H24N4/c1-3-14(16-13-4-5-13)11-17(7-1)8-2-9-18-10-6-15-12-18/h6,10,12-14,16H,1-5,7-9,11H2. The van der Waals surface area contributed by atoms with Gasteiger partial charge in [0.25, 0.3) is 0 Å². The number of hydrogen-bond acceptors (Lipinski definition) is 3. The number of aromatic nitrogens is 2. The number of nitrogens with one attached hydrogen (secondary N) is 1. The zero-order chi connectivity index (χ0) is 12.2. The molecule has 0 bridgehead atoms. The number of piperidine rings is 1. The molecular formula is C14H24N4. The fraction of sp³-hybridized carbons (Fsp3) is 0.786. The van der Waals surface area contributed by atoms with E-state index in [1.165, 1.54) is 51.7 Å². The van der Waals surface area contributed by atoms with Crippen LogP contribution < -0.4 is 5.32 Å². The van der Waals surface area contributed by atoms with Gasteiger partial charge in [0.2, 0.25) is 0 Å². The third-order valence-corrected chi connectivity index (χ3v) is 4.00. The maximum Gasteiger partial charge on any atom is 0.0945 e. The van der Waals surface area contributed by atoms with Crippen molar-refractivity contribution in [1.29, 1.82) is 0 Å². The fourth-order valence-corrected chi connectivity index (χ4v) is 2.87. The minimum atomic E-state index is 0.750. The van der Waals surface area contributed by atoms with Crippen molar-refractivity contribution in [2.45, 2.75) is 50.7 Å². The van der Waals surface area contributed by atoms with Crippen LogP contribution in [0.1, 0.15) is 32.1 Å². The van der Waals surface area contributed by atoms with Gasteiger partial charge >= 0.3 is 0 Å². The van der Waals surface area contributed by atoms with Crippen molar-refractivity contribution in [3.8, 4) is 0 Å². The predicted octanol–water partition coefficient (Wildman–Crippen LogP) is 1.49. The van der Waals surface area contributed by atoms with Crippen LogP contribution in [0.4, 0.5) is 0 Å². The molecular weight excluding hydrogens is 224 g/mol. The second-order valence-electron chi connectivity index (χ2n) is 5.73. The van der Waals surface area contributed by atoms with Gasteiger partial charge in [-0.25, -0.2) is 4.98 Å². The Morgan fingerprint density at radius 3 is 2.89 bits per heavy atom. The topological polar surface area (TPSA) is 33.1 Å². The van der Waals surface area contributed by atoms with E-state index >= 15 is 0 Å². The largest absolute Gasteiger partial charge is 0.337 e. The summed E-state index contributed by atoms with van der Waals surface area (Å²) in [5.41, 5.74) is 0. The van der Waals surface area contributed by atoms with Crippen molar-refractivity contribution in [2.75, 3.05) is 19.6 Å². The highest BCUT2D eigenvalue weighted by molar-refractivity contribution is 4.88. The van der Waals surface area contributed by atoms with Gasteiger partial charge < -0.3 is 14.8 Å². The quantitative estimate of drug-likeness (QED) is 0.828. The molecule has 4 nitrogen and oxygen atoms in total. The second-order valence-corrected chi connectivity index (χ2v) is 5.73. The van der Waals surface area contributed by atoms with E-state index in [2.05, 4.69) is 19.8 Å². The monoisotopic (exact) mass is 248 g/mol. The second kappa shape index (κ2) is 5.85. The smallest absolute Gasteiger partial charge is 0.0945 e. The van der Waals surface area contributed by atoms with Crippen LogP contribution in [0.2, 0.25) is 0 Å². The Morgan fingerprint density at radius 1 is 1.17 bits per heavy atom. The van der Waals surface area contributed by atoms with E-state index in [1.807, 2.05) is 18.7 Å². The highest BCUT2D eigenvalue weighted by Gasteiger charge is 2.27. The van der Waals surface area contributed by atoms with E-state index in [4.69, 9.17) is 0 Å². The van der Waals surface area contributed by atoms with Gasteiger partial charge in [-0.15, -0.1) is 0 Å². The predicted molar refractivity (Wildman–Crippen MR) is 72.5 cm³/mol. The zero-order valence-corrected chi connectivity index (χ0v) is 11.1. The van der Waals surface area contributed by atoms with E-state index in [9.17, 15) is 0 Å². The van der Waals surface area contributed by atoms with Gasteiger partial charge in [0.05, 0.1) is 6.33 Å². The average molecular weight is 248 g/mol. The van der Waals surface area contributed by atoms with Gasteiger partial charge in [-0.05, 0) is 45.2 Å².